The molecule has 5 nitrogen and oxygen atoms in total. The van der Waals surface area contributed by atoms with Crippen LogP contribution >= 0.6 is 0 Å². The Bertz CT molecular complexity index is 833. The second kappa shape index (κ2) is 6.65. The SMILES string of the molecule is Cc1cccc(N[C@@H]2CS(=O)(=O)C[C@H]2OC(=O)c2ccccc2)c1. The molecule has 1 saturated heterocycles. The van der Waals surface area contributed by atoms with Gasteiger partial charge in [-0.05, 0) is 36.8 Å². The lowest BCUT2D eigenvalue weighted by Gasteiger charge is -2.21. The molecular formula is C18H19NO4S. The summed E-state index contributed by atoms with van der Waals surface area (Å²) in [5.41, 5.74) is 2.30. The zero-order valence-electron chi connectivity index (χ0n) is 13.3. The van der Waals surface area contributed by atoms with E-state index in [4.69, 9.17) is 4.74 Å². The van der Waals surface area contributed by atoms with E-state index in [1.54, 1.807) is 30.3 Å². The molecule has 2 aromatic carbocycles. The summed E-state index contributed by atoms with van der Waals surface area (Å²) in [7, 11) is -3.24. The molecule has 2 atom stereocenters. The van der Waals surface area contributed by atoms with E-state index in [0.29, 0.717) is 5.56 Å². The first-order chi connectivity index (χ1) is 11.4. The maximum Gasteiger partial charge on any atom is 0.338 e. The van der Waals surface area contributed by atoms with Gasteiger partial charge in [0.2, 0.25) is 0 Å². The van der Waals surface area contributed by atoms with Crippen LogP contribution in [0.4, 0.5) is 5.69 Å². The van der Waals surface area contributed by atoms with Crippen molar-refractivity contribution in [1.29, 1.82) is 0 Å². The second-order valence-electron chi connectivity index (χ2n) is 6.01. The Morgan fingerprint density at radius 3 is 2.54 bits per heavy atom. The zero-order chi connectivity index (χ0) is 17.2. The first kappa shape index (κ1) is 16.5. The molecule has 0 bridgehead atoms. The van der Waals surface area contributed by atoms with Crippen molar-refractivity contribution in [2.24, 2.45) is 0 Å². The molecular weight excluding hydrogens is 326 g/mol. The highest BCUT2D eigenvalue weighted by Crippen LogP contribution is 2.22. The Morgan fingerprint density at radius 2 is 1.83 bits per heavy atom. The summed E-state index contributed by atoms with van der Waals surface area (Å²) >= 11 is 0. The fourth-order valence-electron chi connectivity index (χ4n) is 2.79. The fraction of sp³-hybridized carbons (Fsp3) is 0.278. The van der Waals surface area contributed by atoms with Gasteiger partial charge in [0.25, 0.3) is 0 Å². The Morgan fingerprint density at radius 1 is 1.08 bits per heavy atom. The third-order valence-corrected chi connectivity index (χ3v) is 5.64. The van der Waals surface area contributed by atoms with E-state index in [9.17, 15) is 13.2 Å². The van der Waals surface area contributed by atoms with Crippen LogP contribution in [0, 0.1) is 6.92 Å². The highest BCUT2D eigenvalue weighted by molar-refractivity contribution is 7.91. The Balaban J connectivity index is 1.76. The van der Waals surface area contributed by atoms with Crippen molar-refractivity contribution in [3.8, 4) is 0 Å². The van der Waals surface area contributed by atoms with Crippen LogP contribution in [0.1, 0.15) is 15.9 Å². The molecule has 1 aliphatic rings. The van der Waals surface area contributed by atoms with Crippen molar-refractivity contribution in [3.63, 3.8) is 0 Å². The molecule has 0 unspecified atom stereocenters. The van der Waals surface area contributed by atoms with Crippen molar-refractivity contribution in [1.82, 2.24) is 0 Å². The largest absolute Gasteiger partial charge is 0.455 e. The highest BCUT2D eigenvalue weighted by Gasteiger charge is 2.40. The van der Waals surface area contributed by atoms with Gasteiger partial charge in [-0.3, -0.25) is 0 Å². The molecule has 126 valence electrons. The second-order valence-corrected chi connectivity index (χ2v) is 8.16. The number of anilines is 1. The van der Waals surface area contributed by atoms with Crippen molar-refractivity contribution in [2.75, 3.05) is 16.8 Å². The van der Waals surface area contributed by atoms with Gasteiger partial charge in [0.1, 0.15) is 6.10 Å². The molecule has 0 amide bonds. The number of nitrogens with one attached hydrogen (secondary N) is 1. The molecule has 0 radical (unpaired) electrons. The number of benzene rings is 2. The predicted octanol–water partition coefficient (Wildman–Crippen LogP) is 2.43. The lowest BCUT2D eigenvalue weighted by atomic mass is 10.1. The standard InChI is InChI=1S/C18H19NO4S/c1-13-6-5-9-15(10-13)19-16-11-24(21,22)12-17(16)23-18(20)14-7-3-2-4-8-14/h2-10,16-17,19H,11-12H2,1H3/t16-,17-/m1/s1. The summed E-state index contributed by atoms with van der Waals surface area (Å²) in [6, 6.07) is 15.8. The predicted molar refractivity (Wildman–Crippen MR) is 92.9 cm³/mol. The van der Waals surface area contributed by atoms with Gasteiger partial charge in [-0.15, -0.1) is 0 Å². The highest BCUT2D eigenvalue weighted by atomic mass is 32.2. The topological polar surface area (TPSA) is 72.5 Å². The van der Waals surface area contributed by atoms with Gasteiger partial charge in [0.15, 0.2) is 9.84 Å². The lowest BCUT2D eigenvalue weighted by Crippen LogP contribution is -2.36. The van der Waals surface area contributed by atoms with Gasteiger partial charge >= 0.3 is 5.97 Å². The minimum atomic E-state index is -3.24. The van der Waals surface area contributed by atoms with Crippen LogP contribution in [0.3, 0.4) is 0 Å². The van der Waals surface area contributed by atoms with E-state index in [1.807, 2.05) is 31.2 Å². The van der Waals surface area contributed by atoms with E-state index in [1.165, 1.54) is 0 Å². The number of hydrogen-bond donors (Lipinski definition) is 1. The van der Waals surface area contributed by atoms with E-state index in [0.717, 1.165) is 11.3 Å². The van der Waals surface area contributed by atoms with E-state index in [2.05, 4.69) is 5.32 Å². The first-order valence-electron chi connectivity index (χ1n) is 7.73. The quantitative estimate of drug-likeness (QED) is 0.862. The summed E-state index contributed by atoms with van der Waals surface area (Å²) in [4.78, 5) is 12.2. The van der Waals surface area contributed by atoms with Gasteiger partial charge in [-0.2, -0.15) is 0 Å². The van der Waals surface area contributed by atoms with E-state index in [-0.39, 0.29) is 11.5 Å². The van der Waals surface area contributed by atoms with Crippen molar-refractivity contribution in [2.45, 2.75) is 19.1 Å². The molecule has 6 heteroatoms. The molecule has 24 heavy (non-hydrogen) atoms. The zero-order valence-corrected chi connectivity index (χ0v) is 14.1. The summed E-state index contributed by atoms with van der Waals surface area (Å²) < 4.78 is 29.5. The minimum absolute atomic E-state index is 0.0479. The normalized spacial score (nSPS) is 22.0. The molecule has 0 aliphatic carbocycles. The Hall–Kier alpha value is -2.34. The Labute approximate surface area is 141 Å². The number of carbonyl (C=O) groups is 1. The molecule has 1 N–H and O–H groups in total. The van der Waals surface area contributed by atoms with Crippen LogP contribution in [-0.2, 0) is 14.6 Å². The molecule has 0 spiro atoms. The number of carbonyl (C=O) groups excluding carboxylic acids is 1. The van der Waals surface area contributed by atoms with Crippen molar-refractivity contribution in [3.05, 3.63) is 65.7 Å². The number of hydrogen-bond acceptors (Lipinski definition) is 5. The van der Waals surface area contributed by atoms with Crippen LogP contribution in [0.5, 0.6) is 0 Å². The van der Waals surface area contributed by atoms with Gasteiger partial charge in [0, 0.05) is 5.69 Å². The third-order valence-electron chi connectivity index (χ3n) is 3.94. The average Bonchev–Trinajstić information content (AvgIpc) is 2.81. The molecule has 1 heterocycles. The molecule has 3 rings (SSSR count). The summed E-state index contributed by atoms with van der Waals surface area (Å²) in [6.07, 6.45) is -0.705. The van der Waals surface area contributed by atoms with Gasteiger partial charge in [0.05, 0.1) is 23.1 Å². The third kappa shape index (κ3) is 3.94. The number of ether oxygens (including phenoxy) is 1. The number of sulfone groups is 1. The van der Waals surface area contributed by atoms with Crippen molar-refractivity contribution >= 4 is 21.5 Å². The summed E-state index contributed by atoms with van der Waals surface area (Å²) in [5.74, 6) is -0.711. The number of rotatable bonds is 4. The molecule has 0 saturated carbocycles. The van der Waals surface area contributed by atoms with E-state index >= 15 is 0 Å². The smallest absolute Gasteiger partial charge is 0.338 e. The molecule has 0 aromatic heterocycles. The van der Waals surface area contributed by atoms with Crippen LogP contribution in [0.15, 0.2) is 54.6 Å². The Kier molecular flexibility index (Phi) is 4.57. The minimum Gasteiger partial charge on any atom is -0.455 e. The lowest BCUT2D eigenvalue weighted by molar-refractivity contribution is 0.0336. The molecule has 2 aromatic rings. The number of aryl methyl sites for hydroxylation is 1. The maximum atomic E-state index is 12.2. The summed E-state index contributed by atoms with van der Waals surface area (Å²) in [5, 5.41) is 3.19. The van der Waals surface area contributed by atoms with Crippen molar-refractivity contribution < 1.29 is 17.9 Å². The van der Waals surface area contributed by atoms with Gasteiger partial charge < -0.3 is 10.1 Å². The summed E-state index contributed by atoms with van der Waals surface area (Å²) in [6.45, 7) is 1.96. The fourth-order valence-corrected chi connectivity index (χ4v) is 4.58. The van der Waals surface area contributed by atoms with Crippen LogP contribution in [-0.4, -0.2) is 38.0 Å². The first-order valence-corrected chi connectivity index (χ1v) is 9.55. The van der Waals surface area contributed by atoms with Gasteiger partial charge in [-0.25, -0.2) is 13.2 Å². The monoisotopic (exact) mass is 345 g/mol. The van der Waals surface area contributed by atoms with Crippen LogP contribution in [0.25, 0.3) is 0 Å². The molecule has 1 aliphatic heterocycles. The van der Waals surface area contributed by atoms with E-state index < -0.39 is 28.0 Å². The average molecular weight is 345 g/mol. The molecule has 1 fully saturated rings. The maximum absolute atomic E-state index is 12.2. The number of esters is 1. The van der Waals surface area contributed by atoms with Gasteiger partial charge in [-0.1, -0.05) is 30.3 Å². The van der Waals surface area contributed by atoms with Crippen LogP contribution < -0.4 is 5.32 Å². The van der Waals surface area contributed by atoms with Crippen LogP contribution in [0.2, 0.25) is 0 Å².